The van der Waals surface area contributed by atoms with E-state index in [2.05, 4.69) is 15.9 Å². The Morgan fingerprint density at radius 2 is 1.56 bits per heavy atom. The monoisotopic (exact) mass is 420 g/mol. The van der Waals surface area contributed by atoms with Crippen LogP contribution in [0.5, 0.6) is 5.75 Å². The van der Waals surface area contributed by atoms with Crippen LogP contribution < -0.4 is 4.74 Å². The largest absolute Gasteiger partial charge is 0.423 e. The van der Waals surface area contributed by atoms with E-state index in [4.69, 9.17) is 4.74 Å². The van der Waals surface area contributed by atoms with Crippen LogP contribution in [0.4, 0.5) is 0 Å². The number of allylic oxidation sites excluding steroid dienone is 1. The van der Waals surface area contributed by atoms with E-state index >= 15 is 0 Å². The molecule has 134 valence electrons. The second kappa shape index (κ2) is 8.60. The Bertz CT molecular complexity index is 987. The average Bonchev–Trinajstić information content (AvgIpc) is 2.68. The Balaban J connectivity index is 1.65. The number of rotatable bonds is 5. The molecule has 0 atom stereocenters. The Morgan fingerprint density at radius 3 is 2.22 bits per heavy atom. The Hall–Kier alpha value is -2.98. The third-order valence-electron chi connectivity index (χ3n) is 4.01. The van der Waals surface area contributed by atoms with Gasteiger partial charge in [0.1, 0.15) is 5.75 Å². The highest BCUT2D eigenvalue weighted by Crippen LogP contribution is 2.17. The first-order chi connectivity index (χ1) is 13.0. The molecule has 0 bridgehead atoms. The van der Waals surface area contributed by atoms with Crippen LogP contribution >= 0.6 is 15.9 Å². The van der Waals surface area contributed by atoms with Crippen molar-refractivity contribution in [3.63, 3.8) is 0 Å². The molecule has 3 aromatic rings. The molecule has 0 aliphatic rings. The van der Waals surface area contributed by atoms with Gasteiger partial charge in [0.15, 0.2) is 5.78 Å². The fraction of sp³-hybridized carbons (Fsp3) is 0.0435. The van der Waals surface area contributed by atoms with Crippen molar-refractivity contribution in [2.24, 2.45) is 0 Å². The average molecular weight is 421 g/mol. The number of hydrogen-bond acceptors (Lipinski definition) is 3. The summed E-state index contributed by atoms with van der Waals surface area (Å²) in [6, 6.07) is 21.5. The molecule has 0 aromatic heterocycles. The molecule has 0 spiro atoms. The minimum Gasteiger partial charge on any atom is -0.423 e. The van der Waals surface area contributed by atoms with Crippen molar-refractivity contribution >= 4 is 33.8 Å². The summed E-state index contributed by atoms with van der Waals surface area (Å²) in [5.41, 5.74) is 2.88. The normalized spacial score (nSPS) is 10.7. The molecular weight excluding hydrogens is 404 g/mol. The van der Waals surface area contributed by atoms with Crippen molar-refractivity contribution in [3.8, 4) is 5.75 Å². The zero-order valence-corrected chi connectivity index (χ0v) is 16.3. The first-order valence-electron chi connectivity index (χ1n) is 8.39. The van der Waals surface area contributed by atoms with Gasteiger partial charge in [0.2, 0.25) is 0 Å². The number of ketones is 1. The lowest BCUT2D eigenvalue weighted by Crippen LogP contribution is -2.09. The molecule has 3 aromatic carbocycles. The third-order valence-corrected chi connectivity index (χ3v) is 4.54. The summed E-state index contributed by atoms with van der Waals surface area (Å²) >= 11 is 3.35. The number of carbonyl (C=O) groups is 2. The molecule has 3 nitrogen and oxygen atoms in total. The van der Waals surface area contributed by atoms with Crippen LogP contribution in [0.25, 0.3) is 6.08 Å². The fourth-order valence-electron chi connectivity index (χ4n) is 2.49. The maximum atomic E-state index is 12.2. The maximum absolute atomic E-state index is 12.2. The molecule has 0 aliphatic carbocycles. The highest BCUT2D eigenvalue weighted by molar-refractivity contribution is 9.10. The van der Waals surface area contributed by atoms with Crippen LogP contribution in [-0.4, -0.2) is 11.8 Å². The van der Waals surface area contributed by atoms with E-state index in [1.165, 1.54) is 6.08 Å². The lowest BCUT2D eigenvalue weighted by molar-refractivity contribution is 0.0734. The molecular formula is C23H17BrO3. The number of benzene rings is 3. The Labute approximate surface area is 166 Å². The van der Waals surface area contributed by atoms with Crippen molar-refractivity contribution in [1.29, 1.82) is 0 Å². The Morgan fingerprint density at radius 1 is 0.889 bits per heavy atom. The summed E-state index contributed by atoms with van der Waals surface area (Å²) in [5, 5.41) is 0. The number of esters is 1. The molecule has 0 saturated carbocycles. The third kappa shape index (κ3) is 5.02. The van der Waals surface area contributed by atoms with Gasteiger partial charge in [0.25, 0.3) is 0 Å². The van der Waals surface area contributed by atoms with E-state index in [0.717, 1.165) is 15.6 Å². The van der Waals surface area contributed by atoms with E-state index in [1.807, 2.05) is 31.2 Å². The second-order valence-electron chi connectivity index (χ2n) is 5.98. The molecule has 3 rings (SSSR count). The van der Waals surface area contributed by atoms with E-state index in [9.17, 15) is 9.59 Å². The van der Waals surface area contributed by atoms with Gasteiger partial charge in [0.05, 0.1) is 5.56 Å². The molecule has 0 amide bonds. The standard InChI is InChI=1S/C23H17BrO3/c1-16-4-2-3-5-21(16)23(26)27-20-13-6-17(7-14-20)8-15-22(25)18-9-11-19(24)12-10-18/h2-15H,1H3. The van der Waals surface area contributed by atoms with E-state index in [1.54, 1.807) is 54.6 Å². The quantitative estimate of drug-likeness (QED) is 0.224. The lowest BCUT2D eigenvalue weighted by Gasteiger charge is -2.06. The number of aryl methyl sites for hydroxylation is 1. The van der Waals surface area contributed by atoms with Gasteiger partial charge in [-0.15, -0.1) is 0 Å². The van der Waals surface area contributed by atoms with Crippen LogP contribution in [0.1, 0.15) is 31.8 Å². The van der Waals surface area contributed by atoms with Crippen LogP contribution in [0.3, 0.4) is 0 Å². The minimum atomic E-state index is -0.387. The van der Waals surface area contributed by atoms with Crippen LogP contribution in [0.2, 0.25) is 0 Å². The summed E-state index contributed by atoms with van der Waals surface area (Å²) < 4.78 is 6.34. The molecule has 0 aliphatic heterocycles. The van der Waals surface area contributed by atoms with E-state index < -0.39 is 0 Å². The summed E-state index contributed by atoms with van der Waals surface area (Å²) in [5.74, 6) is -0.000922. The summed E-state index contributed by atoms with van der Waals surface area (Å²) in [6.07, 6.45) is 3.26. The van der Waals surface area contributed by atoms with E-state index in [0.29, 0.717) is 16.9 Å². The zero-order chi connectivity index (χ0) is 19.2. The molecule has 27 heavy (non-hydrogen) atoms. The smallest absolute Gasteiger partial charge is 0.343 e. The molecule has 0 saturated heterocycles. The van der Waals surface area contributed by atoms with Gasteiger partial charge in [-0.2, -0.15) is 0 Å². The molecule has 0 radical (unpaired) electrons. The minimum absolute atomic E-state index is 0.0717. The number of ether oxygens (including phenoxy) is 1. The molecule has 0 heterocycles. The molecule has 0 fully saturated rings. The van der Waals surface area contributed by atoms with Gasteiger partial charge >= 0.3 is 5.97 Å². The van der Waals surface area contributed by atoms with Crippen molar-refractivity contribution in [2.75, 3.05) is 0 Å². The number of hydrogen-bond donors (Lipinski definition) is 0. The highest BCUT2D eigenvalue weighted by Gasteiger charge is 2.10. The topological polar surface area (TPSA) is 43.4 Å². The zero-order valence-electron chi connectivity index (χ0n) is 14.7. The second-order valence-corrected chi connectivity index (χ2v) is 6.89. The van der Waals surface area contributed by atoms with E-state index in [-0.39, 0.29) is 11.8 Å². The summed E-state index contributed by atoms with van der Waals surface area (Å²) in [7, 11) is 0. The lowest BCUT2D eigenvalue weighted by atomic mass is 10.1. The van der Waals surface area contributed by atoms with Crippen molar-refractivity contribution in [3.05, 3.63) is 106 Å². The Kier molecular flexibility index (Phi) is 5.99. The van der Waals surface area contributed by atoms with Gasteiger partial charge in [-0.05, 0) is 66.6 Å². The van der Waals surface area contributed by atoms with Gasteiger partial charge in [-0.25, -0.2) is 4.79 Å². The summed E-state index contributed by atoms with van der Waals surface area (Å²) in [4.78, 5) is 24.4. The maximum Gasteiger partial charge on any atom is 0.343 e. The van der Waals surface area contributed by atoms with Gasteiger partial charge in [-0.3, -0.25) is 4.79 Å². The molecule has 4 heteroatoms. The SMILES string of the molecule is Cc1ccccc1C(=O)Oc1ccc(C=CC(=O)c2ccc(Br)cc2)cc1. The highest BCUT2D eigenvalue weighted by atomic mass is 79.9. The van der Waals surface area contributed by atoms with Crippen LogP contribution in [0, 0.1) is 6.92 Å². The summed E-state index contributed by atoms with van der Waals surface area (Å²) in [6.45, 7) is 1.87. The van der Waals surface area contributed by atoms with Gasteiger partial charge < -0.3 is 4.74 Å². The number of carbonyl (C=O) groups excluding carboxylic acids is 2. The van der Waals surface area contributed by atoms with Crippen molar-refractivity contribution < 1.29 is 14.3 Å². The molecule has 0 unspecified atom stereocenters. The van der Waals surface area contributed by atoms with Gasteiger partial charge in [0, 0.05) is 10.0 Å². The predicted molar refractivity (Wildman–Crippen MR) is 110 cm³/mol. The first kappa shape index (κ1) is 18.8. The number of halogens is 1. The van der Waals surface area contributed by atoms with Crippen molar-refractivity contribution in [2.45, 2.75) is 6.92 Å². The van der Waals surface area contributed by atoms with Gasteiger partial charge in [-0.1, -0.05) is 52.3 Å². The molecule has 0 N–H and O–H groups in total. The van der Waals surface area contributed by atoms with Crippen LogP contribution in [-0.2, 0) is 0 Å². The fourth-order valence-corrected chi connectivity index (χ4v) is 2.76. The van der Waals surface area contributed by atoms with Crippen LogP contribution in [0.15, 0.2) is 83.3 Å². The predicted octanol–water partition coefficient (Wildman–Crippen LogP) is 5.87. The van der Waals surface area contributed by atoms with Crippen molar-refractivity contribution in [1.82, 2.24) is 0 Å². The first-order valence-corrected chi connectivity index (χ1v) is 9.18.